The van der Waals surface area contributed by atoms with E-state index in [0.717, 1.165) is 12.0 Å². The molecule has 0 bridgehead atoms. The first kappa shape index (κ1) is 22.6. The van der Waals surface area contributed by atoms with Crippen molar-refractivity contribution in [2.75, 3.05) is 19.8 Å². The number of aliphatic hydroxyl groups excluding tert-OH is 1. The second-order valence-corrected chi connectivity index (χ2v) is 7.02. The zero-order valence-corrected chi connectivity index (χ0v) is 16.7. The van der Waals surface area contributed by atoms with E-state index in [1.165, 1.54) is 19.3 Å². The molecule has 1 aromatic rings. The summed E-state index contributed by atoms with van der Waals surface area (Å²) in [5.74, 6) is 0.675. The maximum atomic E-state index is 11.6. The number of unbranched alkanes of at least 4 members (excludes halogenated alkanes) is 3. The number of ether oxygens (including phenoxy) is 2. The van der Waals surface area contributed by atoms with Crippen LogP contribution in [-0.4, -0.2) is 42.8 Å². The number of hydrogen-bond acceptors (Lipinski definition) is 5. The van der Waals surface area contributed by atoms with Crippen LogP contribution in [0.1, 0.15) is 69.3 Å². The van der Waals surface area contributed by atoms with Gasteiger partial charge >= 0.3 is 0 Å². The Morgan fingerprint density at radius 2 is 2.00 bits per heavy atom. The minimum absolute atomic E-state index is 0.0157. The minimum Gasteiger partial charge on any atom is -0.490 e. The molecule has 0 radical (unpaired) electrons. The monoisotopic (exact) mass is 365 g/mol. The van der Waals surface area contributed by atoms with Crippen molar-refractivity contribution in [3.63, 3.8) is 0 Å². The summed E-state index contributed by atoms with van der Waals surface area (Å²) in [5, 5.41) is 13.2. The number of ketones is 1. The van der Waals surface area contributed by atoms with Crippen LogP contribution in [0.4, 0.5) is 0 Å². The molecule has 0 saturated heterocycles. The summed E-state index contributed by atoms with van der Waals surface area (Å²) >= 11 is 0. The van der Waals surface area contributed by atoms with E-state index in [1.807, 2.05) is 19.9 Å². The van der Waals surface area contributed by atoms with Crippen LogP contribution in [0.15, 0.2) is 18.2 Å². The fourth-order valence-corrected chi connectivity index (χ4v) is 2.48. The highest BCUT2D eigenvalue weighted by molar-refractivity contribution is 5.94. The van der Waals surface area contributed by atoms with E-state index < -0.39 is 6.10 Å². The largest absolute Gasteiger partial charge is 0.490 e. The van der Waals surface area contributed by atoms with Crippen LogP contribution in [0.3, 0.4) is 0 Å². The smallest absolute Gasteiger partial charge is 0.159 e. The van der Waals surface area contributed by atoms with Crippen LogP contribution in [0.2, 0.25) is 0 Å². The average Bonchev–Trinajstić information content (AvgIpc) is 2.61. The fraction of sp³-hybridized carbons (Fsp3) is 0.667. The minimum atomic E-state index is -0.590. The normalized spacial score (nSPS) is 12.4. The maximum absolute atomic E-state index is 11.6. The van der Waals surface area contributed by atoms with E-state index in [4.69, 9.17) is 9.47 Å². The van der Waals surface area contributed by atoms with Gasteiger partial charge < -0.3 is 19.9 Å². The summed E-state index contributed by atoms with van der Waals surface area (Å²) < 4.78 is 11.5. The summed E-state index contributed by atoms with van der Waals surface area (Å²) in [6.45, 7) is 9.58. The third-order valence-electron chi connectivity index (χ3n) is 4.06. The molecule has 1 aromatic carbocycles. The van der Waals surface area contributed by atoms with Crippen molar-refractivity contribution in [1.82, 2.24) is 5.32 Å². The number of benzene rings is 1. The predicted octanol–water partition coefficient (Wildman–Crippen LogP) is 3.72. The van der Waals surface area contributed by atoms with Gasteiger partial charge in [0.15, 0.2) is 5.78 Å². The Kier molecular flexibility index (Phi) is 11.2. The van der Waals surface area contributed by atoms with Gasteiger partial charge in [-0.05, 0) is 31.5 Å². The van der Waals surface area contributed by atoms with Crippen LogP contribution in [0.25, 0.3) is 0 Å². The first-order valence-corrected chi connectivity index (χ1v) is 9.69. The molecule has 0 aliphatic heterocycles. The van der Waals surface area contributed by atoms with Crippen molar-refractivity contribution < 1.29 is 19.4 Å². The molecule has 0 spiro atoms. The van der Waals surface area contributed by atoms with Gasteiger partial charge in [-0.15, -0.1) is 0 Å². The molecule has 5 nitrogen and oxygen atoms in total. The van der Waals surface area contributed by atoms with Crippen LogP contribution >= 0.6 is 0 Å². The lowest BCUT2D eigenvalue weighted by molar-refractivity contribution is 0.0954. The van der Waals surface area contributed by atoms with Crippen molar-refractivity contribution in [1.29, 1.82) is 0 Å². The zero-order valence-electron chi connectivity index (χ0n) is 16.7. The molecule has 2 N–H and O–H groups in total. The Bertz CT molecular complexity index is 531. The third-order valence-corrected chi connectivity index (χ3v) is 4.06. The first-order chi connectivity index (χ1) is 12.4. The van der Waals surface area contributed by atoms with Gasteiger partial charge in [0.05, 0.1) is 6.61 Å². The summed E-state index contributed by atoms with van der Waals surface area (Å²) in [7, 11) is 0. The molecule has 1 unspecified atom stereocenters. The van der Waals surface area contributed by atoms with Crippen LogP contribution in [0.5, 0.6) is 5.75 Å². The summed E-state index contributed by atoms with van der Waals surface area (Å²) in [6, 6.07) is 5.68. The van der Waals surface area contributed by atoms with Crippen molar-refractivity contribution in [2.45, 2.75) is 72.1 Å². The summed E-state index contributed by atoms with van der Waals surface area (Å²) in [4.78, 5) is 11.6. The summed E-state index contributed by atoms with van der Waals surface area (Å²) in [5.41, 5.74) is 1.49. The molecular weight excluding hydrogens is 330 g/mol. The fourth-order valence-electron chi connectivity index (χ4n) is 2.48. The highest BCUT2D eigenvalue weighted by atomic mass is 16.5. The first-order valence-electron chi connectivity index (χ1n) is 9.69. The van der Waals surface area contributed by atoms with E-state index in [9.17, 15) is 9.90 Å². The van der Waals surface area contributed by atoms with Crippen LogP contribution in [-0.2, 0) is 11.3 Å². The Labute approximate surface area is 158 Å². The standard InChI is InChI=1S/C21H35NO4/c1-5-6-7-8-11-25-14-19-12-18(17(4)23)9-10-21(19)26-15-20(24)13-22-16(2)3/h9-10,12,16,20,22,24H,5-8,11,13-15H2,1-4H3. The van der Waals surface area contributed by atoms with Gasteiger partial charge in [0, 0.05) is 30.3 Å². The number of nitrogens with one attached hydrogen (secondary N) is 1. The van der Waals surface area contributed by atoms with E-state index in [0.29, 0.717) is 37.1 Å². The quantitative estimate of drug-likeness (QED) is 0.388. The molecule has 5 heteroatoms. The molecule has 0 aliphatic carbocycles. The van der Waals surface area contributed by atoms with Gasteiger partial charge in [-0.2, -0.15) is 0 Å². The van der Waals surface area contributed by atoms with Crippen molar-refractivity contribution >= 4 is 5.78 Å². The van der Waals surface area contributed by atoms with E-state index >= 15 is 0 Å². The number of carbonyl (C=O) groups excluding carboxylic acids is 1. The highest BCUT2D eigenvalue weighted by Gasteiger charge is 2.11. The van der Waals surface area contributed by atoms with Crippen molar-refractivity contribution in [2.24, 2.45) is 0 Å². The van der Waals surface area contributed by atoms with Crippen molar-refractivity contribution in [3.8, 4) is 5.75 Å². The van der Waals surface area contributed by atoms with Crippen LogP contribution in [0, 0.1) is 0 Å². The molecule has 148 valence electrons. The molecule has 0 heterocycles. The molecule has 0 aromatic heterocycles. The molecule has 0 aliphatic rings. The number of aliphatic hydroxyl groups is 1. The molecule has 1 rings (SSSR count). The third kappa shape index (κ3) is 9.32. The SMILES string of the molecule is CCCCCCOCc1cc(C(C)=O)ccc1OCC(O)CNC(C)C. The zero-order chi connectivity index (χ0) is 19.4. The average molecular weight is 366 g/mol. The lowest BCUT2D eigenvalue weighted by atomic mass is 10.1. The van der Waals surface area contributed by atoms with E-state index in [2.05, 4.69) is 12.2 Å². The Morgan fingerprint density at radius 1 is 1.23 bits per heavy atom. The van der Waals surface area contributed by atoms with Crippen LogP contribution < -0.4 is 10.1 Å². The molecule has 0 saturated carbocycles. The number of hydrogen-bond donors (Lipinski definition) is 2. The Balaban J connectivity index is 2.60. The van der Waals surface area contributed by atoms with Gasteiger partial charge in [-0.25, -0.2) is 0 Å². The highest BCUT2D eigenvalue weighted by Crippen LogP contribution is 2.22. The predicted molar refractivity (Wildman–Crippen MR) is 105 cm³/mol. The molecule has 0 amide bonds. The second-order valence-electron chi connectivity index (χ2n) is 7.02. The molecular formula is C21H35NO4. The summed E-state index contributed by atoms with van der Waals surface area (Å²) in [6.07, 6.45) is 4.04. The van der Waals surface area contributed by atoms with Gasteiger partial charge in [0.1, 0.15) is 18.5 Å². The maximum Gasteiger partial charge on any atom is 0.159 e. The topological polar surface area (TPSA) is 67.8 Å². The molecule has 1 atom stereocenters. The number of carbonyl (C=O) groups is 1. The number of rotatable bonds is 14. The second kappa shape index (κ2) is 12.8. The lowest BCUT2D eigenvalue weighted by Gasteiger charge is -2.17. The molecule has 0 fully saturated rings. The van der Waals surface area contributed by atoms with Gasteiger partial charge in [0.2, 0.25) is 0 Å². The van der Waals surface area contributed by atoms with Gasteiger partial charge in [-0.1, -0.05) is 40.0 Å². The van der Waals surface area contributed by atoms with E-state index in [1.54, 1.807) is 19.1 Å². The Hall–Kier alpha value is -1.43. The number of Topliss-reactive ketones (excluding diaryl/α,β-unsaturated/α-hetero) is 1. The van der Waals surface area contributed by atoms with Crippen molar-refractivity contribution in [3.05, 3.63) is 29.3 Å². The van der Waals surface area contributed by atoms with Gasteiger partial charge in [-0.3, -0.25) is 4.79 Å². The van der Waals surface area contributed by atoms with Gasteiger partial charge in [0.25, 0.3) is 0 Å². The molecule has 26 heavy (non-hydrogen) atoms. The Morgan fingerprint density at radius 3 is 2.65 bits per heavy atom. The lowest BCUT2D eigenvalue weighted by Crippen LogP contribution is -2.35. The van der Waals surface area contributed by atoms with E-state index in [-0.39, 0.29) is 12.4 Å².